The summed E-state index contributed by atoms with van der Waals surface area (Å²) < 4.78 is 44.5. The molecule has 0 aliphatic rings. The van der Waals surface area contributed by atoms with E-state index in [2.05, 4.69) is 9.47 Å². The molecule has 0 amide bonds. The number of rotatable bonds is 1. The van der Waals surface area contributed by atoms with E-state index in [0.29, 0.717) is 12.1 Å². The van der Waals surface area contributed by atoms with Gasteiger partial charge in [-0.2, -0.15) is 13.2 Å². The predicted octanol–water partition coefficient (Wildman–Crippen LogP) is 1.25. The summed E-state index contributed by atoms with van der Waals surface area (Å²) >= 11 is 0. The van der Waals surface area contributed by atoms with Gasteiger partial charge in [0.1, 0.15) is 5.56 Å². The number of hydrogen-bond donors (Lipinski definition) is 1. The second-order valence-electron chi connectivity index (χ2n) is 2.76. The first-order valence-electron chi connectivity index (χ1n) is 4.05. The molecule has 0 aliphatic carbocycles. The minimum atomic E-state index is -4.91. The van der Waals surface area contributed by atoms with Gasteiger partial charge in [0.25, 0.3) is 5.56 Å². The Morgan fingerprint density at radius 3 is 2.47 bits per heavy atom. The molecule has 94 valence electrons. The average Bonchev–Trinajstić information content (AvgIpc) is 2.22. The number of carbonyl (C=O) groups is 1. The number of methoxy groups -OCH3 is 1. The molecule has 0 radical (unpaired) electrons. The summed E-state index contributed by atoms with van der Waals surface area (Å²) in [6.45, 7) is 0. The third-order valence-corrected chi connectivity index (χ3v) is 1.68. The number of pyridine rings is 1. The second-order valence-corrected chi connectivity index (χ2v) is 2.76. The van der Waals surface area contributed by atoms with Crippen molar-refractivity contribution in [3.05, 3.63) is 28.0 Å². The molecule has 1 N–H and O–H groups in total. The summed E-state index contributed by atoms with van der Waals surface area (Å²) in [5, 5.41) is 9.06. The number of halogens is 3. The number of carbonyl (C=O) groups excluding carboxylic acids is 1. The molecule has 0 atom stereocenters. The van der Waals surface area contributed by atoms with Crippen molar-refractivity contribution in [2.45, 2.75) is 6.18 Å². The van der Waals surface area contributed by atoms with Crippen molar-refractivity contribution >= 4 is 6.16 Å². The molecule has 0 spiro atoms. The lowest BCUT2D eigenvalue weighted by molar-refractivity contribution is -0.139. The van der Waals surface area contributed by atoms with Crippen LogP contribution in [-0.4, -0.2) is 23.2 Å². The molecule has 9 heteroatoms. The highest BCUT2D eigenvalue weighted by Gasteiger charge is 2.35. The molecule has 0 aliphatic heterocycles. The minimum Gasteiger partial charge on any atom is -0.437 e. The quantitative estimate of drug-likeness (QED) is 0.602. The van der Waals surface area contributed by atoms with E-state index >= 15 is 0 Å². The van der Waals surface area contributed by atoms with Gasteiger partial charge in [-0.15, -0.1) is 4.73 Å². The second kappa shape index (κ2) is 4.36. The van der Waals surface area contributed by atoms with Crippen LogP contribution in [-0.2, 0) is 10.9 Å². The molecule has 0 saturated heterocycles. The van der Waals surface area contributed by atoms with Gasteiger partial charge in [0, 0.05) is 6.07 Å². The summed E-state index contributed by atoms with van der Waals surface area (Å²) in [7, 11) is 0.951. The van der Waals surface area contributed by atoms with Crippen LogP contribution in [0.15, 0.2) is 16.9 Å². The van der Waals surface area contributed by atoms with Crippen LogP contribution in [0, 0.1) is 0 Å². The zero-order chi connectivity index (χ0) is 13.2. The lowest BCUT2D eigenvalue weighted by Gasteiger charge is -2.09. The van der Waals surface area contributed by atoms with Crippen molar-refractivity contribution < 1.29 is 32.6 Å². The van der Waals surface area contributed by atoms with Gasteiger partial charge in [-0.05, 0) is 6.07 Å². The lowest BCUT2D eigenvalue weighted by Crippen LogP contribution is -2.28. The normalized spacial score (nSPS) is 11.1. The van der Waals surface area contributed by atoms with Crippen LogP contribution >= 0.6 is 0 Å². The topological polar surface area (TPSA) is 77.8 Å². The summed E-state index contributed by atoms with van der Waals surface area (Å²) in [6, 6.07) is 0.995. The highest BCUT2D eigenvalue weighted by molar-refractivity contribution is 5.62. The van der Waals surface area contributed by atoms with Crippen LogP contribution in [0.4, 0.5) is 18.0 Å². The number of alkyl halides is 3. The fourth-order valence-electron chi connectivity index (χ4n) is 0.931. The SMILES string of the molecule is COC(=O)Oc1ccc(C(F)(F)F)c(=O)n1O. The Kier molecular flexibility index (Phi) is 3.30. The van der Waals surface area contributed by atoms with Gasteiger partial charge in [0.05, 0.1) is 7.11 Å². The highest BCUT2D eigenvalue weighted by Crippen LogP contribution is 2.27. The fourth-order valence-corrected chi connectivity index (χ4v) is 0.931. The van der Waals surface area contributed by atoms with Crippen LogP contribution in [0.2, 0.25) is 0 Å². The van der Waals surface area contributed by atoms with E-state index in [4.69, 9.17) is 5.21 Å². The van der Waals surface area contributed by atoms with E-state index in [0.717, 1.165) is 7.11 Å². The molecule has 0 bridgehead atoms. The van der Waals surface area contributed by atoms with Gasteiger partial charge >= 0.3 is 12.3 Å². The van der Waals surface area contributed by atoms with Gasteiger partial charge in [-0.1, -0.05) is 0 Å². The first-order valence-corrected chi connectivity index (χ1v) is 4.05. The lowest BCUT2D eigenvalue weighted by atomic mass is 10.3. The smallest absolute Gasteiger partial charge is 0.437 e. The Hall–Kier alpha value is -2.19. The molecule has 1 aromatic heterocycles. The van der Waals surface area contributed by atoms with Crippen LogP contribution in [0.25, 0.3) is 0 Å². The third-order valence-electron chi connectivity index (χ3n) is 1.68. The molecule has 0 unspecified atom stereocenters. The zero-order valence-electron chi connectivity index (χ0n) is 8.32. The Labute approximate surface area is 91.8 Å². The molecule has 0 saturated carbocycles. The summed E-state index contributed by atoms with van der Waals surface area (Å²) in [5.74, 6) is -0.783. The van der Waals surface area contributed by atoms with Crippen molar-refractivity contribution in [1.82, 2.24) is 4.73 Å². The van der Waals surface area contributed by atoms with Crippen LogP contribution < -0.4 is 10.3 Å². The molecule has 17 heavy (non-hydrogen) atoms. The van der Waals surface area contributed by atoms with Crippen molar-refractivity contribution in [3.63, 3.8) is 0 Å². The molecule has 1 heterocycles. The summed E-state index contributed by atoms with van der Waals surface area (Å²) in [6.07, 6.45) is -6.20. The highest BCUT2D eigenvalue weighted by atomic mass is 19.4. The Balaban J connectivity index is 3.21. The van der Waals surface area contributed by atoms with E-state index in [-0.39, 0.29) is 0 Å². The number of ether oxygens (including phenoxy) is 2. The first-order chi connectivity index (χ1) is 7.77. The maximum atomic E-state index is 12.2. The van der Waals surface area contributed by atoms with E-state index in [1.807, 2.05) is 0 Å². The largest absolute Gasteiger partial charge is 0.514 e. The van der Waals surface area contributed by atoms with Gasteiger partial charge in [0.15, 0.2) is 0 Å². The van der Waals surface area contributed by atoms with E-state index in [1.54, 1.807) is 0 Å². The van der Waals surface area contributed by atoms with E-state index in [9.17, 15) is 22.8 Å². The Morgan fingerprint density at radius 2 is 2.00 bits per heavy atom. The molecular weight excluding hydrogens is 247 g/mol. The van der Waals surface area contributed by atoms with Crippen LogP contribution in [0.1, 0.15) is 5.56 Å². The standard InChI is InChI=1S/C8H6F3NO5/c1-16-7(14)17-5-3-2-4(8(9,10)11)6(13)12(5)15/h2-3,15H,1H3. The van der Waals surface area contributed by atoms with Crippen LogP contribution in [0.5, 0.6) is 5.88 Å². The maximum absolute atomic E-state index is 12.2. The third kappa shape index (κ3) is 2.68. The molecular formula is C8H6F3NO5. The maximum Gasteiger partial charge on any atom is 0.514 e. The van der Waals surface area contributed by atoms with Gasteiger partial charge in [-0.3, -0.25) is 4.79 Å². The van der Waals surface area contributed by atoms with E-state index < -0.39 is 34.1 Å². The fraction of sp³-hybridized carbons (Fsp3) is 0.250. The van der Waals surface area contributed by atoms with Crippen molar-refractivity contribution in [1.29, 1.82) is 0 Å². The molecule has 1 aromatic rings. The van der Waals surface area contributed by atoms with Crippen LogP contribution in [0.3, 0.4) is 0 Å². The van der Waals surface area contributed by atoms with Crippen molar-refractivity contribution in [2.24, 2.45) is 0 Å². The number of nitrogens with zero attached hydrogens (tertiary/aromatic N) is 1. The molecule has 0 aromatic carbocycles. The van der Waals surface area contributed by atoms with Gasteiger partial charge < -0.3 is 14.7 Å². The molecule has 1 rings (SSSR count). The Bertz CT molecular complexity index is 493. The van der Waals surface area contributed by atoms with Crippen molar-refractivity contribution in [2.75, 3.05) is 7.11 Å². The molecule has 0 fully saturated rings. The average molecular weight is 253 g/mol. The monoisotopic (exact) mass is 253 g/mol. The molecule has 6 nitrogen and oxygen atoms in total. The first kappa shape index (κ1) is 12.9. The Morgan fingerprint density at radius 1 is 1.41 bits per heavy atom. The summed E-state index contributed by atoms with van der Waals surface area (Å²) in [5.41, 5.74) is -3.34. The minimum absolute atomic E-state index is 0.382. The van der Waals surface area contributed by atoms with E-state index in [1.165, 1.54) is 0 Å². The zero-order valence-corrected chi connectivity index (χ0v) is 8.32. The van der Waals surface area contributed by atoms with Crippen molar-refractivity contribution in [3.8, 4) is 5.88 Å². The van der Waals surface area contributed by atoms with Gasteiger partial charge in [0.2, 0.25) is 5.88 Å². The predicted molar refractivity (Wildman–Crippen MR) is 45.9 cm³/mol. The number of aromatic nitrogens is 1. The van der Waals surface area contributed by atoms with Gasteiger partial charge in [-0.25, -0.2) is 4.79 Å². The number of hydrogen-bond acceptors (Lipinski definition) is 5. The summed E-state index contributed by atoms with van der Waals surface area (Å²) in [4.78, 5) is 21.7.